The lowest BCUT2D eigenvalue weighted by Gasteiger charge is -2.22. The zero-order valence-corrected chi connectivity index (χ0v) is 12.6. The Hall–Kier alpha value is -1.00. The van der Waals surface area contributed by atoms with Crippen molar-refractivity contribution < 1.29 is 4.79 Å². The van der Waals surface area contributed by atoms with Crippen LogP contribution in [0.5, 0.6) is 0 Å². The Morgan fingerprint density at radius 1 is 1.37 bits per heavy atom. The summed E-state index contributed by atoms with van der Waals surface area (Å²) < 4.78 is 0. The van der Waals surface area contributed by atoms with Crippen LogP contribution in [0.3, 0.4) is 0 Å². The second-order valence-electron chi connectivity index (χ2n) is 5.05. The minimum atomic E-state index is -0.180. The minimum absolute atomic E-state index is 0.117. The predicted molar refractivity (Wildman–Crippen MR) is 81.1 cm³/mol. The number of hydrogen-bond donors (Lipinski definition) is 1. The van der Waals surface area contributed by atoms with Crippen molar-refractivity contribution in [1.29, 1.82) is 0 Å². The van der Waals surface area contributed by atoms with Gasteiger partial charge in [0, 0.05) is 11.8 Å². The summed E-state index contributed by atoms with van der Waals surface area (Å²) in [7, 11) is 0. The van der Waals surface area contributed by atoms with Crippen LogP contribution in [-0.2, 0) is 4.79 Å². The van der Waals surface area contributed by atoms with E-state index in [0.29, 0.717) is 5.25 Å². The van der Waals surface area contributed by atoms with Gasteiger partial charge in [-0.3, -0.25) is 10.1 Å². The van der Waals surface area contributed by atoms with Gasteiger partial charge in [-0.15, -0.1) is 0 Å². The van der Waals surface area contributed by atoms with Gasteiger partial charge in [-0.1, -0.05) is 37.3 Å². The Bertz CT molecular complexity index is 423. The van der Waals surface area contributed by atoms with Gasteiger partial charge in [0.15, 0.2) is 0 Å². The van der Waals surface area contributed by atoms with Gasteiger partial charge < -0.3 is 4.90 Å². The third-order valence-corrected chi connectivity index (χ3v) is 4.76. The molecule has 3 nitrogen and oxygen atoms in total. The quantitative estimate of drug-likeness (QED) is 0.898. The van der Waals surface area contributed by atoms with E-state index in [1.807, 2.05) is 47.0 Å². The first-order valence-corrected chi connectivity index (χ1v) is 8.06. The number of rotatable bonds is 5. The summed E-state index contributed by atoms with van der Waals surface area (Å²) in [5, 5.41) is 3.97. The van der Waals surface area contributed by atoms with E-state index < -0.39 is 0 Å². The summed E-state index contributed by atoms with van der Waals surface area (Å²) in [6, 6.07) is 9.78. The smallest absolute Gasteiger partial charge is 0.245 e. The molecule has 1 N–H and O–H groups in total. The van der Waals surface area contributed by atoms with E-state index in [1.165, 1.54) is 0 Å². The van der Waals surface area contributed by atoms with Crippen LogP contribution < -0.4 is 5.32 Å². The van der Waals surface area contributed by atoms with E-state index in [0.717, 1.165) is 18.5 Å². The first-order valence-electron chi connectivity index (χ1n) is 6.77. The second-order valence-corrected chi connectivity index (χ2v) is 6.33. The number of carbonyl (C=O) groups is 1. The summed E-state index contributed by atoms with van der Waals surface area (Å²) in [5.74, 6) is 0.201. The highest BCUT2D eigenvalue weighted by molar-refractivity contribution is 7.99. The minimum Gasteiger partial charge on any atom is -0.326 e. The maximum Gasteiger partial charge on any atom is 0.245 e. The van der Waals surface area contributed by atoms with Crippen LogP contribution in [0.1, 0.15) is 31.9 Å². The topological polar surface area (TPSA) is 32.3 Å². The molecule has 1 heterocycles. The van der Waals surface area contributed by atoms with Crippen molar-refractivity contribution in [3.8, 4) is 0 Å². The Morgan fingerprint density at radius 2 is 2.05 bits per heavy atom. The molecule has 4 heteroatoms. The number of nitrogens with one attached hydrogen (secondary N) is 1. The number of benzene rings is 1. The molecular formula is C15H22N2OS. The lowest BCUT2D eigenvalue weighted by atomic mass is 10.1. The molecular weight excluding hydrogens is 256 g/mol. The second kappa shape index (κ2) is 6.44. The van der Waals surface area contributed by atoms with Gasteiger partial charge in [0.1, 0.15) is 6.04 Å². The van der Waals surface area contributed by atoms with Crippen LogP contribution >= 0.6 is 11.8 Å². The molecule has 1 aromatic carbocycles. The van der Waals surface area contributed by atoms with E-state index in [-0.39, 0.29) is 18.1 Å². The largest absolute Gasteiger partial charge is 0.326 e. The van der Waals surface area contributed by atoms with Crippen LogP contribution in [0, 0.1) is 0 Å². The zero-order chi connectivity index (χ0) is 13.8. The van der Waals surface area contributed by atoms with Crippen molar-refractivity contribution in [3.05, 3.63) is 35.9 Å². The Labute approximate surface area is 119 Å². The van der Waals surface area contributed by atoms with Crippen LogP contribution in [0.4, 0.5) is 0 Å². The molecule has 0 bridgehead atoms. The molecule has 1 aliphatic heterocycles. The number of amides is 1. The number of carbonyl (C=O) groups excluding carboxylic acids is 1. The molecule has 1 saturated heterocycles. The summed E-state index contributed by atoms with van der Waals surface area (Å²) in [6.07, 6.45) is 3.28. The van der Waals surface area contributed by atoms with Gasteiger partial charge in [0.05, 0.1) is 6.17 Å². The van der Waals surface area contributed by atoms with E-state index in [2.05, 4.69) is 25.4 Å². The SMILES string of the molecule is CSC(C)CCN1C(=O)C(c2ccccc2)NC1C. The molecule has 0 aliphatic carbocycles. The van der Waals surface area contributed by atoms with Crippen LogP contribution in [0.2, 0.25) is 0 Å². The third-order valence-electron chi connectivity index (χ3n) is 3.72. The first-order chi connectivity index (χ1) is 9.13. The Morgan fingerprint density at radius 3 is 2.68 bits per heavy atom. The van der Waals surface area contributed by atoms with Crippen LogP contribution in [0.25, 0.3) is 0 Å². The van der Waals surface area contributed by atoms with Gasteiger partial charge >= 0.3 is 0 Å². The van der Waals surface area contributed by atoms with Crippen molar-refractivity contribution in [2.45, 2.75) is 37.7 Å². The first kappa shape index (κ1) is 14.4. The predicted octanol–water partition coefficient (Wildman–Crippen LogP) is 2.65. The van der Waals surface area contributed by atoms with E-state index in [1.54, 1.807) is 0 Å². The monoisotopic (exact) mass is 278 g/mol. The molecule has 19 heavy (non-hydrogen) atoms. The fraction of sp³-hybridized carbons (Fsp3) is 0.533. The van der Waals surface area contributed by atoms with Crippen molar-refractivity contribution in [3.63, 3.8) is 0 Å². The molecule has 0 saturated carbocycles. The van der Waals surface area contributed by atoms with Crippen molar-refractivity contribution >= 4 is 17.7 Å². The molecule has 0 aromatic heterocycles. The van der Waals surface area contributed by atoms with Crippen LogP contribution in [-0.4, -0.2) is 35.0 Å². The maximum atomic E-state index is 12.5. The fourth-order valence-electron chi connectivity index (χ4n) is 2.39. The molecule has 1 fully saturated rings. The van der Waals surface area contributed by atoms with Crippen molar-refractivity contribution in [1.82, 2.24) is 10.2 Å². The van der Waals surface area contributed by atoms with Gasteiger partial charge in [0.25, 0.3) is 0 Å². The summed E-state index contributed by atoms with van der Waals surface area (Å²) in [4.78, 5) is 14.4. The Balaban J connectivity index is 2.02. The van der Waals surface area contributed by atoms with Gasteiger partial charge in [-0.25, -0.2) is 0 Å². The Kier molecular flexibility index (Phi) is 4.88. The molecule has 3 unspecified atom stereocenters. The summed E-state index contributed by atoms with van der Waals surface area (Å²) in [5.41, 5.74) is 1.06. The number of hydrogen-bond acceptors (Lipinski definition) is 3. The highest BCUT2D eigenvalue weighted by atomic mass is 32.2. The van der Waals surface area contributed by atoms with Crippen molar-refractivity contribution in [2.24, 2.45) is 0 Å². The van der Waals surface area contributed by atoms with Crippen LogP contribution in [0.15, 0.2) is 30.3 Å². The van der Waals surface area contributed by atoms with E-state index in [4.69, 9.17) is 0 Å². The van der Waals surface area contributed by atoms with Gasteiger partial charge in [0.2, 0.25) is 5.91 Å². The summed E-state index contributed by atoms with van der Waals surface area (Å²) >= 11 is 1.85. The van der Waals surface area contributed by atoms with E-state index in [9.17, 15) is 4.79 Å². The van der Waals surface area contributed by atoms with Gasteiger partial charge in [-0.2, -0.15) is 11.8 Å². The van der Waals surface area contributed by atoms with Gasteiger partial charge in [-0.05, 0) is 25.2 Å². The fourth-order valence-corrected chi connectivity index (χ4v) is 2.73. The van der Waals surface area contributed by atoms with E-state index >= 15 is 0 Å². The number of thioether (sulfide) groups is 1. The molecule has 1 aliphatic rings. The zero-order valence-electron chi connectivity index (χ0n) is 11.8. The maximum absolute atomic E-state index is 12.5. The lowest BCUT2D eigenvalue weighted by Crippen LogP contribution is -2.36. The molecule has 1 amide bonds. The highest BCUT2D eigenvalue weighted by Crippen LogP contribution is 2.24. The molecule has 3 atom stereocenters. The molecule has 0 spiro atoms. The van der Waals surface area contributed by atoms with Crippen molar-refractivity contribution in [2.75, 3.05) is 12.8 Å². The third kappa shape index (κ3) is 3.31. The molecule has 104 valence electrons. The summed E-state index contributed by atoms with van der Waals surface area (Å²) in [6.45, 7) is 5.10. The highest BCUT2D eigenvalue weighted by Gasteiger charge is 2.36. The normalized spacial score (nSPS) is 24.8. The standard InChI is InChI=1S/C15H22N2OS/c1-11(19-3)9-10-17-12(2)16-14(15(17)18)13-7-5-4-6-8-13/h4-8,11-12,14,16H,9-10H2,1-3H3. The molecule has 0 radical (unpaired) electrons. The molecule has 2 rings (SSSR count). The molecule has 1 aromatic rings. The average Bonchev–Trinajstić information content (AvgIpc) is 2.72. The lowest BCUT2D eigenvalue weighted by molar-refractivity contribution is -0.130. The average molecular weight is 278 g/mol. The number of nitrogens with zero attached hydrogens (tertiary/aromatic N) is 1.